The van der Waals surface area contributed by atoms with Gasteiger partial charge in [0.05, 0.1) is 15.6 Å². The van der Waals surface area contributed by atoms with Gasteiger partial charge in [-0.2, -0.15) is 5.26 Å². The molecule has 0 aliphatic carbocycles. The summed E-state index contributed by atoms with van der Waals surface area (Å²) in [6, 6.07) is 5.74. The van der Waals surface area contributed by atoms with Crippen molar-refractivity contribution in [2.24, 2.45) is 19.8 Å². The number of nitrogens with zero attached hydrogens (tertiary/aromatic N) is 5. The van der Waals surface area contributed by atoms with E-state index in [9.17, 15) is 0 Å². The molecule has 4 rings (SSSR count). The molecule has 0 aliphatic heterocycles. The van der Waals surface area contributed by atoms with Crippen molar-refractivity contribution in [3.8, 4) is 6.07 Å². The molecule has 0 aromatic carbocycles. The van der Waals surface area contributed by atoms with Crippen LogP contribution in [0.3, 0.4) is 0 Å². The minimum atomic E-state index is 0.494. The molecule has 0 saturated heterocycles. The summed E-state index contributed by atoms with van der Waals surface area (Å²) in [5.41, 5.74) is 8.72. The number of nitrogens with two attached hydrogens (primary N) is 1. The number of fused-ring (bicyclic) bond motifs is 2. The molecule has 4 heterocycles. The highest BCUT2D eigenvalue weighted by molar-refractivity contribution is 6.35. The maximum atomic E-state index is 8.65. The second kappa shape index (κ2) is 7.34. The molecule has 132 valence electrons. The Morgan fingerprint density at radius 2 is 1.54 bits per heavy atom. The minimum Gasteiger partial charge on any atom is -0.334 e. The van der Waals surface area contributed by atoms with Crippen LogP contribution in [0.1, 0.15) is 11.1 Å². The van der Waals surface area contributed by atoms with Gasteiger partial charge in [-0.15, -0.1) is 0 Å². The zero-order valence-electron chi connectivity index (χ0n) is 14.2. The summed E-state index contributed by atoms with van der Waals surface area (Å²) in [5, 5.41) is 11.8. The number of hydrogen-bond acceptors (Lipinski definition) is 4. The molecule has 26 heavy (non-hydrogen) atoms. The molecule has 0 atom stereocenters. The summed E-state index contributed by atoms with van der Waals surface area (Å²) in [6.07, 6.45) is 6.94. The maximum absolute atomic E-state index is 8.65. The van der Waals surface area contributed by atoms with Gasteiger partial charge in [-0.3, -0.25) is 0 Å². The first kappa shape index (κ1) is 18.2. The Kier molecular flexibility index (Phi) is 5.14. The van der Waals surface area contributed by atoms with Gasteiger partial charge >= 0.3 is 0 Å². The third kappa shape index (κ3) is 3.37. The lowest BCUT2D eigenvalue weighted by atomic mass is 10.2. The van der Waals surface area contributed by atoms with Gasteiger partial charge in [0, 0.05) is 56.2 Å². The van der Waals surface area contributed by atoms with E-state index >= 15 is 0 Å². The van der Waals surface area contributed by atoms with E-state index in [2.05, 4.69) is 9.97 Å². The fourth-order valence-electron chi connectivity index (χ4n) is 2.65. The Labute approximate surface area is 160 Å². The largest absolute Gasteiger partial charge is 0.334 e. The zero-order valence-corrected chi connectivity index (χ0v) is 15.8. The third-order valence-electron chi connectivity index (χ3n) is 3.95. The molecule has 0 bridgehead atoms. The first-order valence-electron chi connectivity index (χ1n) is 7.74. The first-order valence-corrected chi connectivity index (χ1v) is 8.50. The van der Waals surface area contributed by atoms with E-state index in [1.165, 1.54) is 0 Å². The molecule has 0 spiro atoms. The van der Waals surface area contributed by atoms with E-state index in [0.717, 1.165) is 32.7 Å². The topological polar surface area (TPSA) is 85.5 Å². The van der Waals surface area contributed by atoms with Crippen molar-refractivity contribution in [1.82, 2.24) is 19.1 Å². The smallest absolute Gasteiger partial charge is 0.141 e. The van der Waals surface area contributed by atoms with Gasteiger partial charge in [0.15, 0.2) is 0 Å². The van der Waals surface area contributed by atoms with Crippen molar-refractivity contribution in [1.29, 1.82) is 5.26 Å². The predicted octanol–water partition coefficient (Wildman–Crippen LogP) is 3.78. The Balaban J connectivity index is 0.000000151. The van der Waals surface area contributed by atoms with Crippen LogP contribution in [0.25, 0.3) is 22.1 Å². The van der Waals surface area contributed by atoms with Crippen molar-refractivity contribution in [2.45, 2.75) is 6.54 Å². The van der Waals surface area contributed by atoms with Crippen LogP contribution in [0.4, 0.5) is 0 Å². The van der Waals surface area contributed by atoms with Crippen molar-refractivity contribution < 1.29 is 0 Å². The van der Waals surface area contributed by atoms with Gasteiger partial charge in [0.25, 0.3) is 0 Å². The van der Waals surface area contributed by atoms with E-state index in [1.54, 1.807) is 24.7 Å². The molecule has 0 unspecified atom stereocenters. The molecule has 0 fully saturated rings. The van der Waals surface area contributed by atoms with Crippen LogP contribution in [0, 0.1) is 11.3 Å². The van der Waals surface area contributed by atoms with Gasteiger partial charge in [0.2, 0.25) is 0 Å². The van der Waals surface area contributed by atoms with Crippen LogP contribution in [-0.2, 0) is 20.6 Å². The molecule has 2 N–H and O–H groups in total. The van der Waals surface area contributed by atoms with Gasteiger partial charge in [0.1, 0.15) is 17.4 Å². The number of halogens is 2. The van der Waals surface area contributed by atoms with Crippen molar-refractivity contribution in [2.75, 3.05) is 0 Å². The molecular weight excluding hydrogens is 371 g/mol. The molecular formula is C18H16Cl2N6. The number of aryl methyl sites for hydroxylation is 2. The van der Waals surface area contributed by atoms with E-state index in [-0.39, 0.29) is 0 Å². The second-order valence-corrected chi connectivity index (χ2v) is 6.62. The van der Waals surface area contributed by atoms with Gasteiger partial charge < -0.3 is 14.9 Å². The predicted molar refractivity (Wildman–Crippen MR) is 104 cm³/mol. The van der Waals surface area contributed by atoms with Crippen molar-refractivity contribution in [3.05, 3.63) is 58.1 Å². The van der Waals surface area contributed by atoms with Gasteiger partial charge in [-0.1, -0.05) is 23.2 Å². The number of aromatic nitrogens is 4. The summed E-state index contributed by atoms with van der Waals surface area (Å²) < 4.78 is 3.73. The molecule has 0 saturated carbocycles. The number of pyridine rings is 2. The zero-order chi connectivity index (χ0) is 18.8. The van der Waals surface area contributed by atoms with Crippen LogP contribution >= 0.6 is 23.2 Å². The summed E-state index contributed by atoms with van der Waals surface area (Å²) >= 11 is 11.9. The van der Waals surface area contributed by atoms with Crippen molar-refractivity contribution in [3.63, 3.8) is 0 Å². The van der Waals surface area contributed by atoms with Gasteiger partial charge in [-0.25, -0.2) is 9.97 Å². The Morgan fingerprint density at radius 3 is 2.08 bits per heavy atom. The highest BCUT2D eigenvalue weighted by Crippen LogP contribution is 2.24. The average Bonchev–Trinajstić information content (AvgIpc) is 3.10. The molecule has 0 aliphatic rings. The molecule has 4 aromatic rings. The highest BCUT2D eigenvalue weighted by atomic mass is 35.5. The maximum Gasteiger partial charge on any atom is 0.141 e. The second-order valence-electron chi connectivity index (χ2n) is 5.80. The summed E-state index contributed by atoms with van der Waals surface area (Å²) in [7, 11) is 3.79. The SMILES string of the molecule is Cn1cc(Cl)c2cc(C#N)cnc21.Cn1cc(Cl)c2cc(CN)cnc21. The fraction of sp³-hybridized carbons (Fsp3) is 0.167. The standard InChI is InChI=1S/C9H10ClN3.C9H6ClN3/c2*1-13-5-8(10)7-2-6(3-11)4-12-9(7)13/h2,4-5H,3,11H2,1H3;2,4-5H,1H3. The average molecular weight is 387 g/mol. The van der Waals surface area contributed by atoms with E-state index < -0.39 is 0 Å². The number of hydrogen-bond donors (Lipinski definition) is 1. The highest BCUT2D eigenvalue weighted by Gasteiger charge is 2.06. The third-order valence-corrected chi connectivity index (χ3v) is 4.55. The van der Waals surface area contributed by atoms with Crippen LogP contribution in [0.2, 0.25) is 10.0 Å². The van der Waals surface area contributed by atoms with E-state index in [0.29, 0.717) is 17.1 Å². The fourth-order valence-corrected chi connectivity index (χ4v) is 3.22. The van der Waals surface area contributed by atoms with Crippen LogP contribution in [0.15, 0.2) is 36.9 Å². The lowest BCUT2D eigenvalue weighted by molar-refractivity contribution is 0.944. The summed E-state index contributed by atoms with van der Waals surface area (Å²) in [4.78, 5) is 8.40. The number of nitriles is 1. The summed E-state index contributed by atoms with van der Waals surface area (Å²) in [6.45, 7) is 0.494. The van der Waals surface area contributed by atoms with Crippen LogP contribution in [0.5, 0.6) is 0 Å². The molecule has 0 radical (unpaired) electrons. The van der Waals surface area contributed by atoms with Crippen molar-refractivity contribution >= 4 is 45.3 Å². The Bertz CT molecular complexity index is 1140. The normalized spacial score (nSPS) is 10.6. The minimum absolute atomic E-state index is 0.494. The Morgan fingerprint density at radius 1 is 1.00 bits per heavy atom. The molecule has 0 amide bonds. The molecule has 4 aromatic heterocycles. The molecule has 6 nitrogen and oxygen atoms in total. The number of rotatable bonds is 1. The summed E-state index contributed by atoms with van der Waals surface area (Å²) in [5.74, 6) is 0. The first-order chi connectivity index (χ1) is 12.4. The van der Waals surface area contributed by atoms with Gasteiger partial charge in [-0.05, 0) is 17.7 Å². The Hall–Kier alpha value is -2.59. The monoisotopic (exact) mass is 386 g/mol. The van der Waals surface area contributed by atoms with E-state index in [1.807, 2.05) is 41.6 Å². The molecule has 8 heteroatoms. The van der Waals surface area contributed by atoms with Crippen LogP contribution in [-0.4, -0.2) is 19.1 Å². The van der Waals surface area contributed by atoms with Crippen LogP contribution < -0.4 is 5.73 Å². The quantitative estimate of drug-likeness (QED) is 0.539. The lowest BCUT2D eigenvalue weighted by Crippen LogP contribution is -1.97. The van der Waals surface area contributed by atoms with E-state index in [4.69, 9.17) is 34.2 Å². The lowest BCUT2D eigenvalue weighted by Gasteiger charge is -1.97.